The largest absolute Gasteiger partial charge is 0.457 e. The fraction of sp³-hybridized carbons (Fsp3) is 0.581. The van der Waals surface area contributed by atoms with E-state index in [9.17, 15) is 13.2 Å². The van der Waals surface area contributed by atoms with Gasteiger partial charge >= 0.3 is 0 Å². The summed E-state index contributed by atoms with van der Waals surface area (Å²) in [5.41, 5.74) is 0.975. The number of hydrogen-bond donors (Lipinski definition) is 0. The van der Waals surface area contributed by atoms with Crippen LogP contribution in [0.15, 0.2) is 53.4 Å². The summed E-state index contributed by atoms with van der Waals surface area (Å²) in [6.07, 6.45) is 4.83. The van der Waals surface area contributed by atoms with Crippen LogP contribution in [0.2, 0.25) is 0 Å². The van der Waals surface area contributed by atoms with Crippen LogP contribution in [0, 0.1) is 6.92 Å². The van der Waals surface area contributed by atoms with E-state index in [1.807, 2.05) is 36.1 Å². The number of hydrogen-bond acceptors (Lipinski definition) is 7. The highest BCUT2D eigenvalue weighted by molar-refractivity contribution is 7.89. The van der Waals surface area contributed by atoms with Crippen molar-refractivity contribution in [2.75, 3.05) is 66.1 Å². The van der Waals surface area contributed by atoms with Crippen LogP contribution in [0.1, 0.15) is 37.7 Å². The fourth-order valence-electron chi connectivity index (χ4n) is 6.16. The van der Waals surface area contributed by atoms with Crippen molar-refractivity contribution in [3.63, 3.8) is 0 Å². The molecular weight excluding hydrogens is 540 g/mol. The second kappa shape index (κ2) is 13.6. The molecule has 1 atom stereocenters. The third kappa shape index (κ3) is 7.48. The van der Waals surface area contributed by atoms with Crippen LogP contribution in [-0.4, -0.2) is 111 Å². The molecule has 0 aromatic heterocycles. The van der Waals surface area contributed by atoms with Crippen molar-refractivity contribution in [1.29, 1.82) is 0 Å². The van der Waals surface area contributed by atoms with Gasteiger partial charge in [-0.1, -0.05) is 30.7 Å². The van der Waals surface area contributed by atoms with Crippen molar-refractivity contribution in [3.05, 3.63) is 54.1 Å². The van der Waals surface area contributed by atoms with Crippen LogP contribution in [-0.2, 0) is 19.6 Å². The Labute approximate surface area is 245 Å². The van der Waals surface area contributed by atoms with Crippen LogP contribution >= 0.6 is 0 Å². The number of rotatable bonds is 9. The topological polar surface area (TPSA) is 82.6 Å². The molecule has 41 heavy (non-hydrogen) atoms. The molecule has 0 spiro atoms. The summed E-state index contributed by atoms with van der Waals surface area (Å²) in [5.74, 6) is 1.16. The Morgan fingerprint density at radius 1 is 0.902 bits per heavy atom. The number of likely N-dealkylation sites (tertiary alicyclic amines) is 1. The zero-order valence-electron chi connectivity index (χ0n) is 24.4. The molecule has 1 unspecified atom stereocenters. The van der Waals surface area contributed by atoms with E-state index in [-0.39, 0.29) is 30.1 Å². The van der Waals surface area contributed by atoms with Gasteiger partial charge in [0.15, 0.2) is 0 Å². The van der Waals surface area contributed by atoms with Crippen molar-refractivity contribution in [1.82, 2.24) is 19.0 Å². The molecule has 3 aliphatic heterocycles. The molecule has 3 aliphatic rings. The maximum Gasteiger partial charge on any atom is 0.248 e. The highest BCUT2D eigenvalue weighted by Crippen LogP contribution is 2.30. The minimum atomic E-state index is -3.76. The van der Waals surface area contributed by atoms with Crippen molar-refractivity contribution < 1.29 is 22.7 Å². The predicted molar refractivity (Wildman–Crippen MR) is 159 cm³/mol. The Kier molecular flexibility index (Phi) is 9.98. The third-order valence-electron chi connectivity index (χ3n) is 8.71. The minimum Gasteiger partial charge on any atom is -0.457 e. The molecule has 2 aromatic rings. The lowest BCUT2D eigenvalue weighted by Gasteiger charge is -2.42. The van der Waals surface area contributed by atoms with Gasteiger partial charge in [-0.3, -0.25) is 9.69 Å². The Morgan fingerprint density at radius 2 is 1.66 bits per heavy atom. The van der Waals surface area contributed by atoms with E-state index >= 15 is 0 Å². The van der Waals surface area contributed by atoms with Gasteiger partial charge < -0.3 is 19.3 Å². The summed E-state index contributed by atoms with van der Waals surface area (Å²) < 4.78 is 40.9. The molecule has 5 rings (SSSR count). The highest BCUT2D eigenvalue weighted by Gasteiger charge is 2.34. The number of nitrogens with zero attached hydrogens (tertiary/aromatic N) is 4. The first kappa shape index (κ1) is 30.0. The number of carbonyl (C=O) groups is 1. The van der Waals surface area contributed by atoms with Gasteiger partial charge in [0.05, 0.1) is 11.5 Å². The van der Waals surface area contributed by atoms with Crippen LogP contribution in [0.25, 0.3) is 0 Å². The quantitative estimate of drug-likeness (QED) is 0.446. The van der Waals surface area contributed by atoms with E-state index in [2.05, 4.69) is 16.8 Å². The van der Waals surface area contributed by atoms with E-state index < -0.39 is 10.0 Å². The standard InChI is InChI=1S/C31H44N4O5S/c1-25-8-3-4-12-30(25)40-28-10-7-11-29(22-28)41(37,38)35-15-6-5-9-27(35)23-39-24-31(36)34-20-18-33(19-21-34)26-13-16-32(2)17-14-26/h3-4,7-8,10-12,22,26-27H,5-6,9,13-21,23-24H2,1-2H3. The highest BCUT2D eigenvalue weighted by atomic mass is 32.2. The first-order valence-corrected chi connectivity index (χ1v) is 16.4. The maximum atomic E-state index is 13.7. The third-order valence-corrected chi connectivity index (χ3v) is 10.7. The molecule has 1 amide bonds. The molecule has 0 bridgehead atoms. The summed E-state index contributed by atoms with van der Waals surface area (Å²) in [6.45, 7) is 8.11. The normalized spacial score (nSPS) is 22.1. The molecule has 3 saturated heterocycles. The molecule has 3 heterocycles. The summed E-state index contributed by atoms with van der Waals surface area (Å²) in [7, 11) is -1.58. The number of amides is 1. The Balaban J connectivity index is 1.14. The fourth-order valence-corrected chi connectivity index (χ4v) is 7.87. The molecule has 3 fully saturated rings. The molecule has 224 valence electrons. The van der Waals surface area contributed by atoms with Gasteiger partial charge in [0.25, 0.3) is 0 Å². The first-order valence-electron chi connectivity index (χ1n) is 14.9. The molecule has 10 heteroatoms. The maximum absolute atomic E-state index is 13.7. The predicted octanol–water partition coefficient (Wildman–Crippen LogP) is 3.59. The minimum absolute atomic E-state index is 0.0145. The number of piperidine rings is 2. The number of para-hydroxylation sites is 1. The number of piperazine rings is 1. The Bertz CT molecular complexity index is 1270. The van der Waals surface area contributed by atoms with Crippen molar-refractivity contribution in [2.24, 2.45) is 0 Å². The van der Waals surface area contributed by atoms with Gasteiger partial charge in [0.2, 0.25) is 15.9 Å². The Hall–Kier alpha value is -2.50. The van der Waals surface area contributed by atoms with Gasteiger partial charge in [0.1, 0.15) is 18.1 Å². The second-order valence-corrected chi connectivity index (χ2v) is 13.5. The average molecular weight is 585 g/mol. The summed E-state index contributed by atoms with van der Waals surface area (Å²) in [5, 5.41) is 0. The van der Waals surface area contributed by atoms with Gasteiger partial charge in [-0.25, -0.2) is 8.42 Å². The van der Waals surface area contributed by atoms with E-state index in [1.165, 1.54) is 12.8 Å². The molecular formula is C31H44N4O5S. The van der Waals surface area contributed by atoms with E-state index in [0.717, 1.165) is 57.7 Å². The van der Waals surface area contributed by atoms with Crippen molar-refractivity contribution >= 4 is 15.9 Å². The van der Waals surface area contributed by atoms with E-state index in [4.69, 9.17) is 9.47 Å². The van der Waals surface area contributed by atoms with E-state index in [0.29, 0.717) is 30.5 Å². The number of aryl methyl sites for hydroxylation is 1. The number of sulfonamides is 1. The lowest BCUT2D eigenvalue weighted by molar-refractivity contribution is -0.138. The number of benzene rings is 2. The summed E-state index contributed by atoms with van der Waals surface area (Å²) >= 11 is 0. The van der Waals surface area contributed by atoms with Crippen LogP contribution in [0.5, 0.6) is 11.5 Å². The molecule has 0 saturated carbocycles. The monoisotopic (exact) mass is 584 g/mol. The number of carbonyl (C=O) groups excluding carboxylic acids is 1. The van der Waals surface area contributed by atoms with E-state index in [1.54, 1.807) is 28.6 Å². The second-order valence-electron chi connectivity index (χ2n) is 11.6. The van der Waals surface area contributed by atoms with Crippen molar-refractivity contribution in [3.8, 4) is 11.5 Å². The lowest BCUT2D eigenvalue weighted by atomic mass is 10.0. The molecule has 0 radical (unpaired) electrons. The molecule has 0 aliphatic carbocycles. The smallest absolute Gasteiger partial charge is 0.248 e. The molecule has 2 aromatic carbocycles. The molecule has 0 N–H and O–H groups in total. The van der Waals surface area contributed by atoms with Crippen LogP contribution < -0.4 is 4.74 Å². The van der Waals surface area contributed by atoms with Gasteiger partial charge in [-0.15, -0.1) is 0 Å². The summed E-state index contributed by atoms with van der Waals surface area (Å²) in [4.78, 5) is 19.9. The SMILES string of the molecule is Cc1ccccc1Oc1cccc(S(=O)(=O)N2CCCCC2COCC(=O)N2CCN(C3CCN(C)CC3)CC2)c1. The summed E-state index contributed by atoms with van der Waals surface area (Å²) in [6, 6.07) is 14.6. The van der Waals surface area contributed by atoms with Crippen LogP contribution in [0.4, 0.5) is 0 Å². The van der Waals surface area contributed by atoms with Crippen molar-refractivity contribution in [2.45, 2.75) is 56.0 Å². The zero-order valence-corrected chi connectivity index (χ0v) is 25.2. The zero-order chi connectivity index (χ0) is 28.8. The van der Waals surface area contributed by atoms with Gasteiger partial charge in [-0.2, -0.15) is 4.31 Å². The van der Waals surface area contributed by atoms with Gasteiger partial charge in [-0.05, 0) is 76.5 Å². The average Bonchev–Trinajstić information content (AvgIpc) is 2.99. The molecule has 9 nitrogen and oxygen atoms in total. The van der Waals surface area contributed by atoms with Gasteiger partial charge in [0, 0.05) is 50.9 Å². The first-order chi connectivity index (χ1) is 19.8. The van der Waals surface area contributed by atoms with Crippen LogP contribution in [0.3, 0.4) is 0 Å². The Morgan fingerprint density at radius 3 is 2.41 bits per heavy atom. The number of ether oxygens (including phenoxy) is 2. The lowest BCUT2D eigenvalue weighted by Crippen LogP contribution is -2.54.